The Morgan fingerprint density at radius 1 is 1.11 bits per heavy atom. The first-order chi connectivity index (χ1) is 17.7. The molecule has 196 valence electrons. The first-order valence-corrected chi connectivity index (χ1v) is 12.5. The Morgan fingerprint density at radius 2 is 1.78 bits per heavy atom. The van der Waals surface area contributed by atoms with Crippen LogP contribution in [0.5, 0.6) is 0 Å². The number of hydrogen-bond acceptors (Lipinski definition) is 6. The average Bonchev–Trinajstić information content (AvgIpc) is 3.62. The Hall–Kier alpha value is -3.56. The smallest absolute Gasteiger partial charge is 0.272 e. The lowest BCUT2D eigenvalue weighted by atomic mass is 10.1. The van der Waals surface area contributed by atoms with E-state index in [9.17, 15) is 29.3 Å². The summed E-state index contributed by atoms with van der Waals surface area (Å²) in [6, 6.07) is 13.7. The summed E-state index contributed by atoms with van der Waals surface area (Å²) in [6.45, 7) is 2.63. The third-order valence-corrected chi connectivity index (χ3v) is 6.49. The first kappa shape index (κ1) is 26.5. The molecule has 0 saturated heterocycles. The van der Waals surface area contributed by atoms with E-state index in [1.54, 1.807) is 12.1 Å². The van der Waals surface area contributed by atoms with Gasteiger partial charge >= 0.3 is 0 Å². The van der Waals surface area contributed by atoms with Crippen LogP contribution in [0, 0.1) is 12.7 Å². The number of carbonyl (C=O) groups excluding carboxylic acids is 2. The van der Waals surface area contributed by atoms with Gasteiger partial charge in [-0.15, -0.1) is 0 Å². The summed E-state index contributed by atoms with van der Waals surface area (Å²) in [4.78, 5) is 28.7. The second-order valence-corrected chi connectivity index (χ2v) is 9.68. The van der Waals surface area contributed by atoms with Crippen LogP contribution in [-0.2, 0) is 17.9 Å². The summed E-state index contributed by atoms with van der Waals surface area (Å²) in [7, 11) is 0. The summed E-state index contributed by atoms with van der Waals surface area (Å²) in [5.74, 6) is -1.45. The highest BCUT2D eigenvalue weighted by atomic mass is 19.1. The van der Waals surface area contributed by atoms with E-state index in [4.69, 9.17) is 0 Å². The van der Waals surface area contributed by atoms with Crippen LogP contribution in [0.15, 0.2) is 48.5 Å². The fourth-order valence-electron chi connectivity index (χ4n) is 4.41. The quantitative estimate of drug-likeness (QED) is 0.345. The van der Waals surface area contributed by atoms with Gasteiger partial charge in [-0.05, 0) is 62.4 Å². The number of aryl methyl sites for hydroxylation is 1. The van der Waals surface area contributed by atoms with Crippen molar-refractivity contribution in [3.05, 3.63) is 76.9 Å². The summed E-state index contributed by atoms with van der Waals surface area (Å²) >= 11 is 0. The number of halogens is 1. The lowest BCUT2D eigenvalue weighted by Gasteiger charge is -2.18. The number of imidazole rings is 1. The minimum absolute atomic E-state index is 0.114. The molecule has 0 unspecified atom stereocenters. The fraction of sp³-hybridized carbons (Fsp3) is 0.393. The van der Waals surface area contributed by atoms with Gasteiger partial charge in [0.2, 0.25) is 0 Å². The van der Waals surface area contributed by atoms with Crippen molar-refractivity contribution in [1.29, 1.82) is 0 Å². The molecular weight excluding hydrogens is 477 g/mol. The Kier molecular flexibility index (Phi) is 8.35. The number of carboxylic acids is 1. The van der Waals surface area contributed by atoms with E-state index in [2.05, 4.69) is 10.3 Å². The van der Waals surface area contributed by atoms with Gasteiger partial charge in [0.1, 0.15) is 17.3 Å². The minimum Gasteiger partial charge on any atom is -0.550 e. The Morgan fingerprint density at radius 3 is 2.41 bits per heavy atom. The molecule has 3 N–H and O–H groups in total. The van der Waals surface area contributed by atoms with E-state index >= 15 is 0 Å². The minimum atomic E-state index is -1.38. The number of aromatic nitrogens is 2. The molecule has 2 atom stereocenters. The third kappa shape index (κ3) is 7.02. The summed E-state index contributed by atoms with van der Waals surface area (Å²) in [6.07, 6.45) is -0.842. The van der Waals surface area contributed by atoms with Crippen LogP contribution >= 0.6 is 0 Å². The zero-order valence-electron chi connectivity index (χ0n) is 20.7. The lowest BCUT2D eigenvalue weighted by Crippen LogP contribution is -2.29. The number of amides is 1. The lowest BCUT2D eigenvalue weighted by molar-refractivity contribution is -0.307. The molecule has 1 aromatic heterocycles. The van der Waals surface area contributed by atoms with Gasteiger partial charge in [-0.2, -0.15) is 0 Å². The molecule has 1 heterocycles. The van der Waals surface area contributed by atoms with Crippen molar-refractivity contribution >= 4 is 11.9 Å². The standard InChI is InChI=1S/C28H32FN3O5/c1-17-2-4-18(5-3-17)16-30-28(37)25-26(19-6-7-19)32(13-12-22(33)14-23(34)15-24(35)36)27(31-25)20-8-10-21(29)11-9-20/h2-5,8-11,19,22-23,33-34H,6-7,12-16H2,1H3,(H,30,37)(H,35,36)/p-1/t22-,23-/m1/s1. The summed E-state index contributed by atoms with van der Waals surface area (Å²) in [5.41, 5.74) is 3.79. The molecule has 1 fully saturated rings. The molecule has 1 aliphatic rings. The second-order valence-electron chi connectivity index (χ2n) is 9.68. The predicted octanol–water partition coefficient (Wildman–Crippen LogP) is 2.45. The highest BCUT2D eigenvalue weighted by Gasteiger charge is 2.35. The van der Waals surface area contributed by atoms with Crippen molar-refractivity contribution < 1.29 is 29.3 Å². The van der Waals surface area contributed by atoms with Crippen LogP contribution in [0.4, 0.5) is 4.39 Å². The number of nitrogens with zero attached hydrogens (tertiary/aromatic N) is 2. The monoisotopic (exact) mass is 508 g/mol. The van der Waals surface area contributed by atoms with E-state index in [1.807, 2.05) is 35.8 Å². The number of carboxylic acid groups (broad SMARTS) is 1. The zero-order chi connectivity index (χ0) is 26.5. The Bertz CT molecular complexity index is 1240. The normalized spacial score (nSPS) is 14.8. The molecular formula is C28H31FN3O5-. The molecule has 1 amide bonds. The van der Waals surface area contributed by atoms with Gasteiger partial charge in [0.15, 0.2) is 0 Å². The number of carbonyl (C=O) groups is 2. The van der Waals surface area contributed by atoms with Crippen LogP contribution < -0.4 is 10.4 Å². The number of aliphatic hydroxyl groups is 2. The molecule has 37 heavy (non-hydrogen) atoms. The summed E-state index contributed by atoms with van der Waals surface area (Å²) in [5, 5.41) is 34.0. The molecule has 1 aliphatic carbocycles. The Labute approximate surface area is 214 Å². The number of rotatable bonds is 12. The second kappa shape index (κ2) is 11.7. The SMILES string of the molecule is Cc1ccc(CNC(=O)c2nc(-c3ccc(F)cc3)n(CC[C@@H](O)C[C@@H](O)CC(=O)[O-])c2C2CC2)cc1. The van der Waals surface area contributed by atoms with Gasteiger partial charge < -0.3 is 30.0 Å². The Balaban J connectivity index is 1.59. The van der Waals surface area contributed by atoms with Gasteiger partial charge in [-0.25, -0.2) is 9.37 Å². The van der Waals surface area contributed by atoms with E-state index in [1.165, 1.54) is 12.1 Å². The van der Waals surface area contributed by atoms with E-state index in [0.717, 1.165) is 29.7 Å². The molecule has 0 bridgehead atoms. The molecule has 0 radical (unpaired) electrons. The number of nitrogens with one attached hydrogen (secondary N) is 1. The zero-order valence-corrected chi connectivity index (χ0v) is 20.7. The van der Waals surface area contributed by atoms with Crippen molar-refractivity contribution in [3.63, 3.8) is 0 Å². The largest absolute Gasteiger partial charge is 0.550 e. The number of aliphatic carboxylic acids is 1. The third-order valence-electron chi connectivity index (χ3n) is 6.49. The highest BCUT2D eigenvalue weighted by molar-refractivity contribution is 5.94. The van der Waals surface area contributed by atoms with E-state index in [-0.39, 0.29) is 31.2 Å². The first-order valence-electron chi connectivity index (χ1n) is 12.5. The topological polar surface area (TPSA) is 128 Å². The molecule has 4 rings (SSSR count). The fourth-order valence-corrected chi connectivity index (χ4v) is 4.41. The van der Waals surface area contributed by atoms with Crippen LogP contribution in [-0.4, -0.2) is 43.8 Å². The van der Waals surface area contributed by atoms with Crippen molar-refractivity contribution in [2.24, 2.45) is 0 Å². The van der Waals surface area contributed by atoms with Gasteiger partial charge in [0.25, 0.3) is 5.91 Å². The van der Waals surface area contributed by atoms with Gasteiger partial charge in [-0.1, -0.05) is 29.8 Å². The maximum atomic E-state index is 13.6. The van der Waals surface area contributed by atoms with Crippen molar-refractivity contribution in [2.45, 2.75) is 70.2 Å². The average molecular weight is 509 g/mol. The molecule has 1 saturated carbocycles. The van der Waals surface area contributed by atoms with Gasteiger partial charge in [0.05, 0.1) is 17.9 Å². The molecule has 0 spiro atoms. The molecule has 2 aromatic carbocycles. The van der Waals surface area contributed by atoms with Gasteiger partial charge in [0, 0.05) is 37.0 Å². The van der Waals surface area contributed by atoms with E-state index < -0.39 is 30.4 Å². The van der Waals surface area contributed by atoms with Crippen LogP contribution in [0.3, 0.4) is 0 Å². The molecule has 3 aromatic rings. The van der Waals surface area contributed by atoms with Crippen molar-refractivity contribution in [1.82, 2.24) is 14.9 Å². The van der Waals surface area contributed by atoms with Crippen LogP contribution in [0.25, 0.3) is 11.4 Å². The predicted molar refractivity (Wildman–Crippen MR) is 133 cm³/mol. The number of hydrogen-bond donors (Lipinski definition) is 3. The molecule has 8 nitrogen and oxygen atoms in total. The van der Waals surface area contributed by atoms with Crippen molar-refractivity contribution in [3.8, 4) is 11.4 Å². The number of benzene rings is 2. The number of aliphatic hydroxyl groups excluding tert-OH is 2. The molecule has 0 aliphatic heterocycles. The van der Waals surface area contributed by atoms with Crippen LogP contribution in [0.1, 0.15) is 65.3 Å². The maximum absolute atomic E-state index is 13.6. The summed E-state index contributed by atoms with van der Waals surface area (Å²) < 4.78 is 15.5. The maximum Gasteiger partial charge on any atom is 0.272 e. The van der Waals surface area contributed by atoms with Gasteiger partial charge in [-0.3, -0.25) is 4.79 Å². The van der Waals surface area contributed by atoms with Crippen LogP contribution in [0.2, 0.25) is 0 Å². The van der Waals surface area contributed by atoms with E-state index in [0.29, 0.717) is 23.6 Å². The molecule has 9 heteroatoms. The highest BCUT2D eigenvalue weighted by Crippen LogP contribution is 2.43. The van der Waals surface area contributed by atoms with Crippen molar-refractivity contribution in [2.75, 3.05) is 0 Å².